The van der Waals surface area contributed by atoms with Gasteiger partial charge in [0, 0.05) is 32.4 Å². The maximum Gasteiger partial charge on any atom is 0.225 e. The molecular formula is C17H23N3O2. The Balaban J connectivity index is 1.34. The van der Waals surface area contributed by atoms with Crippen molar-refractivity contribution in [1.82, 2.24) is 15.2 Å². The molecule has 1 aromatic rings. The molecule has 0 spiro atoms. The number of hydrogen-bond donors (Lipinski definition) is 1. The van der Waals surface area contributed by atoms with Crippen molar-refractivity contribution in [3.63, 3.8) is 0 Å². The Morgan fingerprint density at radius 3 is 3.05 bits per heavy atom. The lowest BCUT2D eigenvalue weighted by Gasteiger charge is -2.32. The molecule has 2 aliphatic heterocycles. The summed E-state index contributed by atoms with van der Waals surface area (Å²) >= 11 is 0. The van der Waals surface area contributed by atoms with E-state index in [1.165, 1.54) is 12.8 Å². The molecule has 0 aromatic carbocycles. The summed E-state index contributed by atoms with van der Waals surface area (Å²) in [5.74, 6) is 0.947. The van der Waals surface area contributed by atoms with Crippen LogP contribution in [0.2, 0.25) is 0 Å². The maximum atomic E-state index is 12.4. The van der Waals surface area contributed by atoms with Gasteiger partial charge in [-0.1, -0.05) is 6.07 Å². The molecule has 1 aromatic heterocycles. The third-order valence-electron chi connectivity index (χ3n) is 4.94. The van der Waals surface area contributed by atoms with E-state index in [-0.39, 0.29) is 24.0 Å². The highest BCUT2D eigenvalue weighted by molar-refractivity contribution is 5.79. The van der Waals surface area contributed by atoms with Gasteiger partial charge < -0.3 is 10.1 Å². The Bertz CT molecular complexity index is 532. The highest BCUT2D eigenvalue weighted by Gasteiger charge is 2.44. The van der Waals surface area contributed by atoms with Gasteiger partial charge in [0.2, 0.25) is 5.91 Å². The first-order chi connectivity index (χ1) is 10.8. The van der Waals surface area contributed by atoms with E-state index in [0.29, 0.717) is 0 Å². The summed E-state index contributed by atoms with van der Waals surface area (Å²) in [5, 5.41) is 3.11. The Morgan fingerprint density at radius 1 is 1.36 bits per heavy atom. The van der Waals surface area contributed by atoms with E-state index in [1.807, 2.05) is 18.3 Å². The summed E-state index contributed by atoms with van der Waals surface area (Å²) in [6.07, 6.45) is 5.47. The first-order valence-corrected chi connectivity index (χ1v) is 8.33. The molecule has 22 heavy (non-hydrogen) atoms. The lowest BCUT2D eigenvalue weighted by molar-refractivity contribution is -0.128. The molecular weight excluding hydrogens is 278 g/mol. The van der Waals surface area contributed by atoms with Crippen molar-refractivity contribution in [1.29, 1.82) is 0 Å². The fourth-order valence-corrected chi connectivity index (χ4v) is 3.56. The summed E-state index contributed by atoms with van der Waals surface area (Å²) in [6.45, 7) is 3.42. The highest BCUT2D eigenvalue weighted by atomic mass is 16.5. The first kappa shape index (κ1) is 14.2. The van der Waals surface area contributed by atoms with Crippen LogP contribution >= 0.6 is 0 Å². The third-order valence-corrected chi connectivity index (χ3v) is 4.94. The van der Waals surface area contributed by atoms with Gasteiger partial charge in [-0.3, -0.25) is 14.7 Å². The predicted molar refractivity (Wildman–Crippen MR) is 82.0 cm³/mol. The topological polar surface area (TPSA) is 54.5 Å². The molecule has 4 rings (SSSR count). The average molecular weight is 301 g/mol. The second-order valence-electron chi connectivity index (χ2n) is 6.84. The zero-order valence-corrected chi connectivity index (χ0v) is 12.8. The van der Waals surface area contributed by atoms with Gasteiger partial charge in [-0.05, 0) is 37.3 Å². The number of nitrogens with one attached hydrogen (secondary N) is 1. The van der Waals surface area contributed by atoms with Crippen molar-refractivity contribution < 1.29 is 9.53 Å². The van der Waals surface area contributed by atoms with Crippen LogP contribution in [0.4, 0.5) is 0 Å². The number of pyridine rings is 1. The lowest BCUT2D eigenvalue weighted by atomic mass is 9.99. The Labute approximate surface area is 131 Å². The van der Waals surface area contributed by atoms with Crippen LogP contribution in [0.25, 0.3) is 0 Å². The van der Waals surface area contributed by atoms with Crippen LogP contribution in [0.1, 0.15) is 25.0 Å². The van der Waals surface area contributed by atoms with Gasteiger partial charge in [0.15, 0.2) is 0 Å². The number of morpholine rings is 1. The van der Waals surface area contributed by atoms with E-state index in [4.69, 9.17) is 4.74 Å². The molecule has 1 aliphatic carbocycles. The molecule has 3 heterocycles. The number of fused-ring (bicyclic) bond motifs is 2. The van der Waals surface area contributed by atoms with E-state index in [0.717, 1.165) is 44.2 Å². The molecule has 118 valence electrons. The van der Waals surface area contributed by atoms with Crippen LogP contribution in [0, 0.1) is 11.8 Å². The van der Waals surface area contributed by atoms with Gasteiger partial charge >= 0.3 is 0 Å². The minimum atomic E-state index is 0.0254. The lowest BCUT2D eigenvalue weighted by Crippen LogP contribution is -2.45. The molecule has 5 nitrogen and oxygen atoms in total. The Hall–Kier alpha value is -1.46. The third kappa shape index (κ3) is 3.15. The van der Waals surface area contributed by atoms with Crippen LogP contribution in [-0.2, 0) is 16.1 Å². The quantitative estimate of drug-likeness (QED) is 0.888. The van der Waals surface area contributed by atoms with Crippen LogP contribution in [-0.4, -0.2) is 47.6 Å². The number of carbonyl (C=O) groups excluding carboxylic acids is 1. The van der Waals surface area contributed by atoms with Gasteiger partial charge in [0.25, 0.3) is 0 Å². The molecule has 1 N–H and O–H groups in total. The van der Waals surface area contributed by atoms with E-state index in [9.17, 15) is 4.79 Å². The minimum Gasteiger partial charge on any atom is -0.371 e. The molecule has 1 amide bonds. The van der Waals surface area contributed by atoms with Gasteiger partial charge in [0.1, 0.15) is 0 Å². The monoisotopic (exact) mass is 301 g/mol. The highest BCUT2D eigenvalue weighted by Crippen LogP contribution is 2.33. The average Bonchev–Trinajstić information content (AvgIpc) is 3.30. The molecule has 0 radical (unpaired) electrons. The fourth-order valence-electron chi connectivity index (χ4n) is 3.56. The molecule has 2 saturated heterocycles. The van der Waals surface area contributed by atoms with E-state index in [1.54, 1.807) is 0 Å². The van der Waals surface area contributed by atoms with E-state index in [2.05, 4.69) is 21.3 Å². The van der Waals surface area contributed by atoms with Crippen molar-refractivity contribution in [3.8, 4) is 0 Å². The summed E-state index contributed by atoms with van der Waals surface area (Å²) in [6, 6.07) is 6.01. The number of hydrogen-bond acceptors (Lipinski definition) is 4. The van der Waals surface area contributed by atoms with Crippen LogP contribution in [0.15, 0.2) is 24.4 Å². The number of rotatable bonds is 5. The predicted octanol–water partition coefficient (Wildman–Crippen LogP) is 1.20. The standard InChI is InChI=1S/C17H23N3O2/c21-17(19-8-12-4-5-12)15-7-14-10-20(11-16(15)22-14)9-13-3-1-2-6-18-13/h1-3,6,12,14-16H,4-5,7-11H2,(H,19,21)/t14-,15+,16+/m0/s1. The van der Waals surface area contributed by atoms with Crippen LogP contribution in [0.5, 0.6) is 0 Å². The number of amides is 1. The van der Waals surface area contributed by atoms with Crippen molar-refractivity contribution in [2.24, 2.45) is 11.8 Å². The summed E-state index contributed by atoms with van der Waals surface area (Å²) in [4.78, 5) is 19.1. The van der Waals surface area contributed by atoms with Crippen LogP contribution < -0.4 is 5.32 Å². The number of nitrogens with zero attached hydrogens (tertiary/aromatic N) is 2. The summed E-state index contributed by atoms with van der Waals surface area (Å²) in [7, 11) is 0. The smallest absolute Gasteiger partial charge is 0.225 e. The van der Waals surface area contributed by atoms with Gasteiger partial charge in [-0.25, -0.2) is 0 Å². The fraction of sp³-hybridized carbons (Fsp3) is 0.647. The molecule has 0 unspecified atom stereocenters. The van der Waals surface area contributed by atoms with E-state index < -0.39 is 0 Å². The zero-order valence-electron chi connectivity index (χ0n) is 12.8. The summed E-state index contributed by atoms with van der Waals surface area (Å²) in [5.41, 5.74) is 1.08. The van der Waals surface area contributed by atoms with E-state index >= 15 is 0 Å². The minimum absolute atomic E-state index is 0.0254. The second-order valence-corrected chi connectivity index (χ2v) is 6.84. The number of aromatic nitrogens is 1. The number of carbonyl (C=O) groups is 1. The van der Waals surface area contributed by atoms with Crippen molar-refractivity contribution in [2.75, 3.05) is 19.6 Å². The molecule has 3 atom stereocenters. The Morgan fingerprint density at radius 2 is 2.27 bits per heavy atom. The molecule has 3 fully saturated rings. The SMILES string of the molecule is O=C(NCC1CC1)[C@@H]1C[C@H]2CN(Cc3ccccn3)C[C@H]1O2. The Kier molecular flexibility index (Phi) is 3.84. The van der Waals surface area contributed by atoms with Crippen molar-refractivity contribution >= 4 is 5.91 Å². The molecule has 1 saturated carbocycles. The molecule has 5 heteroatoms. The maximum absolute atomic E-state index is 12.4. The van der Waals surface area contributed by atoms with Crippen LogP contribution in [0.3, 0.4) is 0 Å². The zero-order chi connectivity index (χ0) is 14.9. The normalized spacial score (nSPS) is 31.2. The van der Waals surface area contributed by atoms with Crippen molar-refractivity contribution in [3.05, 3.63) is 30.1 Å². The van der Waals surface area contributed by atoms with Gasteiger partial charge in [0.05, 0.1) is 23.8 Å². The molecule has 3 aliphatic rings. The number of ether oxygens (including phenoxy) is 1. The number of likely N-dealkylation sites (tertiary alicyclic amines) is 1. The second kappa shape index (κ2) is 5.97. The van der Waals surface area contributed by atoms with Crippen molar-refractivity contribution in [2.45, 2.75) is 38.0 Å². The largest absolute Gasteiger partial charge is 0.371 e. The van der Waals surface area contributed by atoms with Gasteiger partial charge in [-0.15, -0.1) is 0 Å². The first-order valence-electron chi connectivity index (χ1n) is 8.33. The van der Waals surface area contributed by atoms with Gasteiger partial charge in [-0.2, -0.15) is 0 Å². The molecule has 2 bridgehead atoms. The summed E-state index contributed by atoms with van der Waals surface area (Å²) < 4.78 is 6.00.